The van der Waals surface area contributed by atoms with Crippen LogP contribution in [0.4, 0.5) is 0 Å². The molecule has 0 unspecified atom stereocenters. The molecule has 1 heterocycles. The Kier molecular flexibility index (Phi) is 3.68. The number of hydrogen-bond acceptors (Lipinski definition) is 1. The van der Waals surface area contributed by atoms with Crippen LogP contribution in [0.25, 0.3) is 16.7 Å². The molecule has 2 nitrogen and oxygen atoms in total. The number of aryl methyl sites for hydroxylation is 1. The molecule has 102 valence electrons. The molecule has 0 aliphatic rings. The van der Waals surface area contributed by atoms with Crippen molar-refractivity contribution in [2.75, 3.05) is 0 Å². The van der Waals surface area contributed by atoms with Gasteiger partial charge in [0.2, 0.25) is 0 Å². The molecule has 0 aliphatic heterocycles. The Hall–Kier alpha value is -1.51. The molecule has 1 aromatic heterocycles. The van der Waals surface area contributed by atoms with Crippen molar-refractivity contribution >= 4 is 34.2 Å². The van der Waals surface area contributed by atoms with E-state index >= 15 is 0 Å². The van der Waals surface area contributed by atoms with Gasteiger partial charge in [-0.1, -0.05) is 42.8 Å². The first-order valence-corrected chi connectivity index (χ1v) is 7.47. The average molecular weight is 305 g/mol. The smallest absolute Gasteiger partial charge is 0.129 e. The van der Waals surface area contributed by atoms with Gasteiger partial charge in [0.25, 0.3) is 0 Å². The lowest BCUT2D eigenvalue weighted by Gasteiger charge is -2.12. The van der Waals surface area contributed by atoms with Crippen LogP contribution in [0.3, 0.4) is 0 Å². The fourth-order valence-electron chi connectivity index (χ4n) is 2.51. The van der Waals surface area contributed by atoms with Gasteiger partial charge in [0.15, 0.2) is 0 Å². The van der Waals surface area contributed by atoms with Crippen molar-refractivity contribution in [3.05, 3.63) is 58.9 Å². The van der Waals surface area contributed by atoms with Crippen LogP contribution in [0.1, 0.15) is 18.3 Å². The number of alkyl halides is 1. The number of rotatable bonds is 3. The zero-order chi connectivity index (χ0) is 14.1. The molecule has 4 heteroatoms. The summed E-state index contributed by atoms with van der Waals surface area (Å²) in [7, 11) is 0. The first-order valence-electron chi connectivity index (χ1n) is 6.56. The van der Waals surface area contributed by atoms with Crippen LogP contribution in [0.2, 0.25) is 5.02 Å². The van der Waals surface area contributed by atoms with Crippen molar-refractivity contribution in [1.82, 2.24) is 9.55 Å². The molecular formula is C16H14Cl2N2. The Morgan fingerprint density at radius 3 is 2.65 bits per heavy atom. The third kappa shape index (κ3) is 2.09. The van der Waals surface area contributed by atoms with E-state index in [0.29, 0.717) is 10.9 Å². The van der Waals surface area contributed by atoms with Crippen LogP contribution in [0, 0.1) is 0 Å². The third-order valence-corrected chi connectivity index (χ3v) is 3.97. The van der Waals surface area contributed by atoms with Crippen molar-refractivity contribution in [1.29, 1.82) is 0 Å². The molecule has 3 rings (SSSR count). The first-order chi connectivity index (χ1) is 9.76. The predicted molar refractivity (Wildman–Crippen MR) is 85.0 cm³/mol. The highest BCUT2D eigenvalue weighted by Gasteiger charge is 2.15. The van der Waals surface area contributed by atoms with Crippen molar-refractivity contribution < 1.29 is 0 Å². The summed E-state index contributed by atoms with van der Waals surface area (Å²) in [5.74, 6) is 1.17. The van der Waals surface area contributed by atoms with Gasteiger partial charge >= 0.3 is 0 Å². The van der Waals surface area contributed by atoms with Crippen LogP contribution in [-0.2, 0) is 12.3 Å². The molecule has 0 N–H and O–H groups in total. The van der Waals surface area contributed by atoms with Crippen LogP contribution in [0.15, 0.2) is 42.5 Å². The third-order valence-electron chi connectivity index (χ3n) is 3.43. The summed E-state index contributed by atoms with van der Waals surface area (Å²) in [5.41, 5.74) is 4.14. The fourth-order valence-corrected chi connectivity index (χ4v) is 2.94. The van der Waals surface area contributed by atoms with E-state index in [1.807, 2.05) is 30.3 Å². The van der Waals surface area contributed by atoms with E-state index in [4.69, 9.17) is 23.2 Å². The summed E-state index contributed by atoms with van der Waals surface area (Å²) in [6.45, 7) is 2.14. The molecule has 2 aromatic carbocycles. The summed E-state index contributed by atoms with van der Waals surface area (Å²) < 4.78 is 2.07. The minimum atomic E-state index is 0.350. The first kappa shape index (κ1) is 13.5. The highest BCUT2D eigenvalue weighted by Crippen LogP contribution is 2.30. The Labute approximate surface area is 128 Å². The number of hydrogen-bond donors (Lipinski definition) is 0. The van der Waals surface area contributed by atoms with Gasteiger partial charge in [-0.25, -0.2) is 4.98 Å². The van der Waals surface area contributed by atoms with Gasteiger partial charge < -0.3 is 0 Å². The average Bonchev–Trinajstić information content (AvgIpc) is 2.87. The fraction of sp³-hybridized carbons (Fsp3) is 0.188. The molecule has 0 spiro atoms. The second-order valence-electron chi connectivity index (χ2n) is 4.59. The zero-order valence-corrected chi connectivity index (χ0v) is 12.6. The lowest BCUT2D eigenvalue weighted by Crippen LogP contribution is -2.03. The number of benzene rings is 2. The van der Waals surface area contributed by atoms with Gasteiger partial charge in [-0.3, -0.25) is 4.57 Å². The predicted octanol–water partition coefficient (Wildman–Crippen LogP) is 4.98. The lowest BCUT2D eigenvalue weighted by atomic mass is 10.1. The Balaban J connectivity index is 2.40. The normalized spacial score (nSPS) is 11.2. The molecule has 0 amide bonds. The van der Waals surface area contributed by atoms with Gasteiger partial charge in [-0.05, 0) is 30.2 Å². The molecule has 0 bridgehead atoms. The topological polar surface area (TPSA) is 17.8 Å². The van der Waals surface area contributed by atoms with E-state index in [2.05, 4.69) is 28.6 Å². The molecule has 20 heavy (non-hydrogen) atoms. The van der Waals surface area contributed by atoms with Crippen molar-refractivity contribution in [3.8, 4) is 5.69 Å². The van der Waals surface area contributed by atoms with Crippen LogP contribution in [-0.4, -0.2) is 9.55 Å². The number of imidazole rings is 1. The molecular weight excluding hydrogens is 291 g/mol. The Morgan fingerprint density at radius 2 is 1.90 bits per heavy atom. The highest BCUT2D eigenvalue weighted by molar-refractivity contribution is 6.35. The van der Waals surface area contributed by atoms with Crippen LogP contribution in [0.5, 0.6) is 0 Å². The molecule has 0 aliphatic carbocycles. The SMILES string of the molecule is CCc1ccccc1-n1c(CCl)nc2cccc(Cl)c21. The molecule has 0 fully saturated rings. The standard InChI is InChI=1S/C16H14Cl2N2/c1-2-11-6-3-4-9-14(11)20-15(10-17)19-13-8-5-7-12(18)16(13)20/h3-9H,2,10H2,1H3. The number of fused-ring (bicyclic) bond motifs is 1. The molecule has 0 saturated heterocycles. The summed E-state index contributed by atoms with van der Waals surface area (Å²) in [4.78, 5) is 4.59. The number of para-hydroxylation sites is 2. The molecule has 0 atom stereocenters. The summed E-state index contributed by atoms with van der Waals surface area (Å²) in [5, 5.41) is 0.692. The van der Waals surface area contributed by atoms with Crippen LogP contribution >= 0.6 is 23.2 Å². The Morgan fingerprint density at radius 1 is 1.10 bits per heavy atom. The molecule has 0 saturated carbocycles. The lowest BCUT2D eigenvalue weighted by molar-refractivity contribution is 0.955. The maximum absolute atomic E-state index is 6.37. The second-order valence-corrected chi connectivity index (χ2v) is 5.26. The van der Waals surface area contributed by atoms with Crippen LogP contribution < -0.4 is 0 Å². The number of aromatic nitrogens is 2. The van der Waals surface area contributed by atoms with Crippen molar-refractivity contribution in [3.63, 3.8) is 0 Å². The summed E-state index contributed by atoms with van der Waals surface area (Å²) >= 11 is 12.4. The minimum Gasteiger partial charge on any atom is -0.294 e. The van der Waals surface area contributed by atoms with Crippen molar-refractivity contribution in [2.24, 2.45) is 0 Å². The Bertz CT molecular complexity index is 762. The van der Waals surface area contributed by atoms with E-state index in [-0.39, 0.29) is 0 Å². The van der Waals surface area contributed by atoms with Gasteiger partial charge in [-0.15, -0.1) is 11.6 Å². The van der Waals surface area contributed by atoms with E-state index < -0.39 is 0 Å². The number of nitrogens with zero attached hydrogens (tertiary/aromatic N) is 2. The van der Waals surface area contributed by atoms with Gasteiger partial charge in [0, 0.05) is 0 Å². The van der Waals surface area contributed by atoms with Gasteiger partial charge in [0.1, 0.15) is 5.82 Å². The largest absolute Gasteiger partial charge is 0.294 e. The highest BCUT2D eigenvalue weighted by atomic mass is 35.5. The maximum Gasteiger partial charge on any atom is 0.129 e. The van der Waals surface area contributed by atoms with Gasteiger partial charge in [0.05, 0.1) is 27.6 Å². The van der Waals surface area contributed by atoms with E-state index in [1.165, 1.54) is 5.56 Å². The maximum atomic E-state index is 6.37. The van der Waals surface area contributed by atoms with E-state index in [9.17, 15) is 0 Å². The monoisotopic (exact) mass is 304 g/mol. The zero-order valence-electron chi connectivity index (χ0n) is 11.1. The summed E-state index contributed by atoms with van der Waals surface area (Å²) in [6, 6.07) is 14.0. The minimum absolute atomic E-state index is 0.350. The van der Waals surface area contributed by atoms with E-state index in [1.54, 1.807) is 0 Å². The number of halogens is 2. The van der Waals surface area contributed by atoms with Gasteiger partial charge in [-0.2, -0.15) is 0 Å². The van der Waals surface area contributed by atoms with E-state index in [0.717, 1.165) is 29.0 Å². The molecule has 3 aromatic rings. The molecule has 0 radical (unpaired) electrons. The van der Waals surface area contributed by atoms with Crippen molar-refractivity contribution in [2.45, 2.75) is 19.2 Å². The quantitative estimate of drug-likeness (QED) is 0.624. The second kappa shape index (κ2) is 5.47. The summed E-state index contributed by atoms with van der Waals surface area (Å²) in [6.07, 6.45) is 0.946.